The Bertz CT molecular complexity index is 1510. The number of ether oxygens (including phenoxy) is 1. The fourth-order valence-corrected chi connectivity index (χ4v) is 5.22. The van der Waals surface area contributed by atoms with Gasteiger partial charge in [-0.05, 0) is 61.7 Å². The van der Waals surface area contributed by atoms with E-state index in [9.17, 15) is 14.4 Å². The molecule has 4 aromatic rings. The number of carbonyl (C=O) groups excluding carboxylic acids is 3. The summed E-state index contributed by atoms with van der Waals surface area (Å²) >= 11 is 0. The average molecular weight is 526 g/mol. The summed E-state index contributed by atoms with van der Waals surface area (Å²) in [7, 11) is 1.55. The van der Waals surface area contributed by atoms with Crippen LogP contribution in [0.25, 0.3) is 11.0 Å². The minimum absolute atomic E-state index is 0.0323. The van der Waals surface area contributed by atoms with Crippen molar-refractivity contribution in [1.82, 2.24) is 20.3 Å². The van der Waals surface area contributed by atoms with Gasteiger partial charge < -0.3 is 10.1 Å². The molecule has 1 heterocycles. The van der Waals surface area contributed by atoms with E-state index in [-0.39, 0.29) is 24.3 Å². The van der Waals surface area contributed by atoms with Crippen molar-refractivity contribution in [2.45, 2.75) is 51.2 Å². The Balaban J connectivity index is 1.64. The Morgan fingerprint density at radius 2 is 1.77 bits per heavy atom. The number of nitrogens with zero attached hydrogens (tertiary/aromatic N) is 4. The molecule has 200 valence electrons. The van der Waals surface area contributed by atoms with Gasteiger partial charge in [-0.15, -0.1) is 5.10 Å². The van der Waals surface area contributed by atoms with Crippen molar-refractivity contribution >= 4 is 34.3 Å². The van der Waals surface area contributed by atoms with Crippen molar-refractivity contribution in [2.75, 3.05) is 12.0 Å². The predicted octanol–water partition coefficient (Wildman–Crippen LogP) is 4.48. The van der Waals surface area contributed by atoms with E-state index in [0.29, 0.717) is 33.6 Å². The minimum atomic E-state index is -1.05. The second-order valence-electron chi connectivity index (χ2n) is 9.74. The Morgan fingerprint density at radius 1 is 1.03 bits per heavy atom. The molecule has 0 radical (unpaired) electrons. The molecule has 3 aromatic carbocycles. The molecular weight excluding hydrogens is 494 g/mol. The van der Waals surface area contributed by atoms with Crippen LogP contribution < -0.4 is 15.0 Å². The van der Waals surface area contributed by atoms with Crippen molar-refractivity contribution in [3.8, 4) is 5.75 Å². The highest BCUT2D eigenvalue weighted by Crippen LogP contribution is 2.33. The number of para-hydroxylation sites is 2. The standard InChI is InChI=1S/C30H31N5O4/c1-20(36)24-14-5-7-16-26(24)35(28(37)19-34-27-17-8-6-15-25(27)32-33-34)29(21-10-9-13-23(18-21)39-2)30(38)31-22-11-3-4-12-22/h5-10,13-18,22,29H,3-4,11-12,19H2,1-2H3,(H,31,38)/t29-/m1/s1. The second kappa shape index (κ2) is 11.5. The molecular formula is C30H31N5O4. The normalized spacial score (nSPS) is 14.2. The molecule has 1 aromatic heterocycles. The largest absolute Gasteiger partial charge is 0.497 e. The number of hydrogen-bond donors (Lipinski definition) is 1. The quantitative estimate of drug-likeness (QED) is 0.323. The monoisotopic (exact) mass is 525 g/mol. The summed E-state index contributed by atoms with van der Waals surface area (Å²) < 4.78 is 6.96. The summed E-state index contributed by atoms with van der Waals surface area (Å²) in [5.74, 6) is -0.380. The van der Waals surface area contributed by atoms with Gasteiger partial charge >= 0.3 is 0 Å². The predicted molar refractivity (Wildman–Crippen MR) is 148 cm³/mol. The number of carbonyl (C=O) groups is 3. The first kappa shape index (κ1) is 26.1. The van der Waals surface area contributed by atoms with E-state index in [1.54, 1.807) is 55.6 Å². The maximum absolute atomic E-state index is 14.3. The Kier molecular flexibility index (Phi) is 7.67. The number of nitrogens with one attached hydrogen (secondary N) is 1. The SMILES string of the molecule is COc1cccc([C@H](C(=O)NC2CCCC2)N(C(=O)Cn2nnc3ccccc32)c2ccccc2C(C)=O)c1. The number of hydrogen-bond acceptors (Lipinski definition) is 6. The number of anilines is 1. The third kappa shape index (κ3) is 5.52. The van der Waals surface area contributed by atoms with E-state index in [1.165, 1.54) is 16.5 Å². The van der Waals surface area contributed by atoms with Gasteiger partial charge in [0.05, 0.1) is 18.3 Å². The zero-order valence-electron chi connectivity index (χ0n) is 22.0. The van der Waals surface area contributed by atoms with E-state index < -0.39 is 11.9 Å². The number of rotatable bonds is 9. The summed E-state index contributed by atoms with van der Waals surface area (Å²) in [6.07, 6.45) is 3.87. The van der Waals surface area contributed by atoms with Crippen molar-refractivity contribution in [3.05, 3.63) is 83.9 Å². The number of benzene rings is 3. The van der Waals surface area contributed by atoms with Crippen LogP contribution in [-0.2, 0) is 16.1 Å². The summed E-state index contributed by atoms with van der Waals surface area (Å²) in [6, 6.07) is 20.3. The molecule has 1 atom stereocenters. The third-order valence-electron chi connectivity index (χ3n) is 7.13. The summed E-state index contributed by atoms with van der Waals surface area (Å²) in [4.78, 5) is 42.4. The number of ketones is 1. The first-order valence-electron chi connectivity index (χ1n) is 13.1. The van der Waals surface area contributed by atoms with Gasteiger partial charge in [-0.3, -0.25) is 19.3 Å². The Labute approximate surface area is 226 Å². The molecule has 1 fully saturated rings. The molecule has 2 amide bonds. The Morgan fingerprint density at radius 3 is 2.54 bits per heavy atom. The zero-order valence-corrected chi connectivity index (χ0v) is 22.0. The van der Waals surface area contributed by atoms with Crippen molar-refractivity contribution in [1.29, 1.82) is 0 Å². The van der Waals surface area contributed by atoms with E-state index >= 15 is 0 Å². The first-order chi connectivity index (χ1) is 19.0. The number of amides is 2. The minimum Gasteiger partial charge on any atom is -0.497 e. The molecule has 0 spiro atoms. The van der Waals surface area contributed by atoms with Crippen LogP contribution in [0.3, 0.4) is 0 Å². The maximum atomic E-state index is 14.3. The van der Waals surface area contributed by atoms with Gasteiger partial charge in [0.1, 0.15) is 23.9 Å². The van der Waals surface area contributed by atoms with Crippen molar-refractivity contribution in [2.24, 2.45) is 0 Å². The van der Waals surface area contributed by atoms with E-state index in [2.05, 4.69) is 15.6 Å². The van der Waals surface area contributed by atoms with Gasteiger partial charge in [0.2, 0.25) is 11.8 Å². The number of methoxy groups -OCH3 is 1. The molecule has 0 bridgehead atoms. The van der Waals surface area contributed by atoms with Gasteiger partial charge in [0.15, 0.2) is 5.78 Å². The lowest BCUT2D eigenvalue weighted by atomic mass is 9.99. The zero-order chi connectivity index (χ0) is 27.4. The van der Waals surface area contributed by atoms with Crippen LogP contribution in [0.5, 0.6) is 5.75 Å². The molecule has 1 saturated carbocycles. The molecule has 1 aliphatic rings. The van der Waals surface area contributed by atoms with Crippen molar-refractivity contribution < 1.29 is 19.1 Å². The molecule has 5 rings (SSSR count). The summed E-state index contributed by atoms with van der Waals surface area (Å²) in [5, 5.41) is 11.5. The summed E-state index contributed by atoms with van der Waals surface area (Å²) in [5.41, 5.74) is 2.62. The molecule has 9 nitrogen and oxygen atoms in total. The van der Waals surface area contributed by atoms with Crippen LogP contribution in [0.15, 0.2) is 72.8 Å². The van der Waals surface area contributed by atoms with Crippen LogP contribution in [0.1, 0.15) is 54.6 Å². The average Bonchev–Trinajstić information content (AvgIpc) is 3.61. The fraction of sp³-hybridized carbons (Fsp3) is 0.300. The van der Waals surface area contributed by atoms with Crippen molar-refractivity contribution in [3.63, 3.8) is 0 Å². The highest BCUT2D eigenvalue weighted by atomic mass is 16.5. The number of Topliss-reactive ketones (excluding diaryl/α,β-unsaturated/α-hetero) is 1. The molecule has 0 saturated heterocycles. The highest BCUT2D eigenvalue weighted by molar-refractivity contribution is 6.08. The van der Waals surface area contributed by atoms with Gasteiger partial charge in [0, 0.05) is 11.6 Å². The number of aromatic nitrogens is 3. The number of fused-ring (bicyclic) bond motifs is 1. The maximum Gasteiger partial charge on any atom is 0.249 e. The first-order valence-corrected chi connectivity index (χ1v) is 13.1. The summed E-state index contributed by atoms with van der Waals surface area (Å²) in [6.45, 7) is 1.27. The molecule has 0 unspecified atom stereocenters. The second-order valence-corrected chi connectivity index (χ2v) is 9.74. The van der Waals surface area contributed by atoms with Gasteiger partial charge in [-0.1, -0.05) is 54.5 Å². The van der Waals surface area contributed by atoms with Gasteiger partial charge in [-0.25, -0.2) is 4.68 Å². The van der Waals surface area contributed by atoms with E-state index in [1.807, 2.05) is 24.3 Å². The van der Waals surface area contributed by atoms with Crippen LogP contribution >= 0.6 is 0 Å². The van der Waals surface area contributed by atoms with Crippen LogP contribution in [0.2, 0.25) is 0 Å². The van der Waals surface area contributed by atoms with Crippen LogP contribution in [0, 0.1) is 0 Å². The van der Waals surface area contributed by atoms with Crippen LogP contribution in [0.4, 0.5) is 5.69 Å². The third-order valence-corrected chi connectivity index (χ3v) is 7.13. The topological polar surface area (TPSA) is 106 Å². The molecule has 0 aliphatic heterocycles. The fourth-order valence-electron chi connectivity index (χ4n) is 5.22. The lowest BCUT2D eigenvalue weighted by molar-refractivity contribution is -0.127. The van der Waals surface area contributed by atoms with Gasteiger partial charge in [0.25, 0.3) is 0 Å². The van der Waals surface area contributed by atoms with Crippen LogP contribution in [-0.4, -0.2) is 45.7 Å². The lowest BCUT2D eigenvalue weighted by Gasteiger charge is -2.33. The molecule has 1 aliphatic carbocycles. The van der Waals surface area contributed by atoms with E-state index in [4.69, 9.17) is 4.74 Å². The lowest BCUT2D eigenvalue weighted by Crippen LogP contribution is -2.47. The van der Waals surface area contributed by atoms with E-state index in [0.717, 1.165) is 25.7 Å². The molecule has 9 heteroatoms. The highest BCUT2D eigenvalue weighted by Gasteiger charge is 2.36. The Hall–Kier alpha value is -4.53. The smallest absolute Gasteiger partial charge is 0.249 e. The molecule has 39 heavy (non-hydrogen) atoms. The molecule has 1 N–H and O–H groups in total. The van der Waals surface area contributed by atoms with Gasteiger partial charge in [-0.2, -0.15) is 0 Å².